The van der Waals surface area contributed by atoms with Gasteiger partial charge in [-0.25, -0.2) is 9.78 Å². The molecule has 2 bridgehead atoms. The second kappa shape index (κ2) is 4.85. The Kier molecular flexibility index (Phi) is 3.22. The van der Waals surface area contributed by atoms with E-state index in [9.17, 15) is 4.79 Å². The highest BCUT2D eigenvalue weighted by Gasteiger charge is 2.42. The number of thiazole rings is 1. The quantitative estimate of drug-likeness (QED) is 0.859. The number of hydrogen-bond donors (Lipinski definition) is 2. The molecule has 98 valence electrons. The zero-order chi connectivity index (χ0) is 12.5. The van der Waals surface area contributed by atoms with Crippen LogP contribution < -0.4 is 10.6 Å². The third kappa shape index (κ3) is 2.10. The molecule has 2 unspecified atom stereocenters. The molecular weight excluding hydrogens is 248 g/mol. The van der Waals surface area contributed by atoms with E-state index in [4.69, 9.17) is 0 Å². The third-order valence-electron chi connectivity index (χ3n) is 4.02. The van der Waals surface area contributed by atoms with Crippen molar-refractivity contribution in [2.45, 2.75) is 43.8 Å². The van der Waals surface area contributed by atoms with Crippen LogP contribution in [0.2, 0.25) is 0 Å². The van der Waals surface area contributed by atoms with Gasteiger partial charge in [0.1, 0.15) is 0 Å². The molecule has 1 aromatic rings. The van der Waals surface area contributed by atoms with Gasteiger partial charge in [0.05, 0.1) is 0 Å². The molecule has 2 aliphatic heterocycles. The minimum absolute atomic E-state index is 0.0204. The van der Waals surface area contributed by atoms with Gasteiger partial charge in [-0.15, -0.1) is 11.3 Å². The van der Waals surface area contributed by atoms with Gasteiger partial charge in [-0.3, -0.25) is 5.32 Å². The minimum Gasteiger partial charge on any atom is -0.318 e. The lowest BCUT2D eigenvalue weighted by atomic mass is 9.98. The van der Waals surface area contributed by atoms with Crippen molar-refractivity contribution < 1.29 is 4.79 Å². The second-order valence-corrected chi connectivity index (χ2v) is 5.91. The molecule has 5 nitrogen and oxygen atoms in total. The summed E-state index contributed by atoms with van der Waals surface area (Å²) in [5.41, 5.74) is 0. The average molecular weight is 266 g/mol. The number of hydrogen-bond acceptors (Lipinski definition) is 4. The molecule has 2 atom stereocenters. The molecular formula is C12H18N4OS. The maximum atomic E-state index is 12.3. The van der Waals surface area contributed by atoms with E-state index in [2.05, 4.69) is 15.6 Å². The molecule has 2 N–H and O–H groups in total. The fourth-order valence-corrected chi connectivity index (χ4v) is 3.70. The normalized spacial score (nSPS) is 30.5. The fourth-order valence-electron chi connectivity index (χ4n) is 3.19. The van der Waals surface area contributed by atoms with Crippen LogP contribution in [0.5, 0.6) is 0 Å². The number of amides is 2. The van der Waals surface area contributed by atoms with Crippen molar-refractivity contribution in [1.29, 1.82) is 0 Å². The summed E-state index contributed by atoms with van der Waals surface area (Å²) in [7, 11) is 2.01. The lowest BCUT2D eigenvalue weighted by Gasteiger charge is -2.38. The Labute approximate surface area is 111 Å². The number of carbonyl (C=O) groups is 1. The number of urea groups is 1. The van der Waals surface area contributed by atoms with E-state index in [1.807, 2.05) is 17.3 Å². The van der Waals surface area contributed by atoms with Gasteiger partial charge in [0, 0.05) is 29.7 Å². The van der Waals surface area contributed by atoms with Crippen molar-refractivity contribution in [3.63, 3.8) is 0 Å². The molecule has 0 saturated carbocycles. The Morgan fingerprint density at radius 2 is 2.17 bits per heavy atom. The van der Waals surface area contributed by atoms with Crippen LogP contribution >= 0.6 is 11.3 Å². The summed E-state index contributed by atoms with van der Waals surface area (Å²) in [4.78, 5) is 18.4. The first-order valence-electron chi connectivity index (χ1n) is 6.44. The van der Waals surface area contributed by atoms with E-state index >= 15 is 0 Å². The molecule has 3 rings (SSSR count). The Morgan fingerprint density at radius 1 is 1.44 bits per heavy atom. The van der Waals surface area contributed by atoms with E-state index in [1.165, 1.54) is 11.3 Å². The summed E-state index contributed by atoms with van der Waals surface area (Å²) in [6, 6.07) is 1.36. The molecule has 0 radical (unpaired) electrons. The Bertz CT molecular complexity index is 408. The molecule has 0 aromatic carbocycles. The Balaban J connectivity index is 1.68. The van der Waals surface area contributed by atoms with Gasteiger partial charge in [-0.05, 0) is 32.7 Å². The van der Waals surface area contributed by atoms with Gasteiger partial charge >= 0.3 is 6.03 Å². The number of fused-ring (bicyclic) bond motifs is 2. The van der Waals surface area contributed by atoms with Crippen molar-refractivity contribution in [2.75, 3.05) is 12.4 Å². The average Bonchev–Trinajstić information content (AvgIpc) is 2.95. The van der Waals surface area contributed by atoms with E-state index in [1.54, 1.807) is 6.20 Å². The standard InChI is InChI=1S/C12H18N4OS/c1-13-8-6-9-2-3-10(7-8)16(9)12(17)15-11-14-4-5-18-11/h4-5,8-10,13H,2-3,6-7H2,1H3,(H,14,15,17). The number of piperidine rings is 1. The Hall–Kier alpha value is -1.14. The highest BCUT2D eigenvalue weighted by Crippen LogP contribution is 2.36. The van der Waals surface area contributed by atoms with E-state index in [-0.39, 0.29) is 6.03 Å². The zero-order valence-electron chi connectivity index (χ0n) is 10.4. The summed E-state index contributed by atoms with van der Waals surface area (Å²) in [6.07, 6.45) is 6.11. The van der Waals surface area contributed by atoms with Crippen molar-refractivity contribution in [2.24, 2.45) is 0 Å². The van der Waals surface area contributed by atoms with Gasteiger partial charge in [0.15, 0.2) is 5.13 Å². The smallest absolute Gasteiger partial charge is 0.318 e. The summed E-state index contributed by atoms with van der Waals surface area (Å²) < 4.78 is 0. The highest BCUT2D eigenvalue weighted by atomic mass is 32.1. The molecule has 2 aliphatic rings. The van der Waals surface area contributed by atoms with Crippen LogP contribution in [0.15, 0.2) is 11.6 Å². The molecule has 3 heterocycles. The van der Waals surface area contributed by atoms with Crippen LogP contribution in [0.4, 0.5) is 9.93 Å². The van der Waals surface area contributed by atoms with Crippen molar-refractivity contribution in [1.82, 2.24) is 15.2 Å². The first-order valence-corrected chi connectivity index (χ1v) is 7.32. The van der Waals surface area contributed by atoms with Gasteiger partial charge < -0.3 is 10.2 Å². The number of anilines is 1. The number of aromatic nitrogens is 1. The largest absolute Gasteiger partial charge is 0.324 e. The monoisotopic (exact) mass is 266 g/mol. The topological polar surface area (TPSA) is 57.3 Å². The number of carbonyl (C=O) groups excluding carboxylic acids is 1. The molecule has 2 saturated heterocycles. The van der Waals surface area contributed by atoms with Crippen LogP contribution in [0.1, 0.15) is 25.7 Å². The molecule has 0 spiro atoms. The van der Waals surface area contributed by atoms with Crippen LogP contribution in [-0.2, 0) is 0 Å². The maximum Gasteiger partial charge on any atom is 0.324 e. The van der Waals surface area contributed by atoms with Crippen LogP contribution in [0.25, 0.3) is 0 Å². The summed E-state index contributed by atoms with van der Waals surface area (Å²) >= 11 is 1.46. The molecule has 6 heteroatoms. The first-order chi connectivity index (χ1) is 8.78. The summed E-state index contributed by atoms with van der Waals surface area (Å²) in [5, 5.41) is 8.80. The fraction of sp³-hybridized carbons (Fsp3) is 0.667. The van der Waals surface area contributed by atoms with Gasteiger partial charge in [0.2, 0.25) is 0 Å². The summed E-state index contributed by atoms with van der Waals surface area (Å²) in [6.45, 7) is 0. The number of rotatable bonds is 2. The minimum atomic E-state index is 0.0204. The molecule has 2 amide bonds. The SMILES string of the molecule is CNC1CC2CCC(C1)N2C(=O)Nc1nccs1. The van der Waals surface area contributed by atoms with Gasteiger partial charge in [-0.2, -0.15) is 0 Å². The van der Waals surface area contributed by atoms with Gasteiger partial charge in [0.25, 0.3) is 0 Å². The number of nitrogens with one attached hydrogen (secondary N) is 2. The van der Waals surface area contributed by atoms with Crippen LogP contribution in [0.3, 0.4) is 0 Å². The lowest BCUT2D eigenvalue weighted by Crippen LogP contribution is -2.52. The van der Waals surface area contributed by atoms with Crippen LogP contribution in [0, 0.1) is 0 Å². The number of nitrogens with zero attached hydrogens (tertiary/aromatic N) is 2. The lowest BCUT2D eigenvalue weighted by molar-refractivity contribution is 0.143. The summed E-state index contributed by atoms with van der Waals surface area (Å²) in [5.74, 6) is 0. The molecule has 18 heavy (non-hydrogen) atoms. The molecule has 2 fully saturated rings. The first kappa shape index (κ1) is 11.9. The van der Waals surface area contributed by atoms with E-state index < -0.39 is 0 Å². The maximum absolute atomic E-state index is 12.3. The van der Waals surface area contributed by atoms with Crippen molar-refractivity contribution in [3.05, 3.63) is 11.6 Å². The predicted octanol–water partition coefficient (Wildman–Crippen LogP) is 1.89. The highest BCUT2D eigenvalue weighted by molar-refractivity contribution is 7.13. The Morgan fingerprint density at radius 3 is 2.72 bits per heavy atom. The second-order valence-electron chi connectivity index (χ2n) is 5.02. The van der Waals surface area contributed by atoms with Gasteiger partial charge in [-0.1, -0.05) is 0 Å². The molecule has 1 aromatic heterocycles. The van der Waals surface area contributed by atoms with E-state index in [0.29, 0.717) is 23.3 Å². The zero-order valence-corrected chi connectivity index (χ0v) is 11.2. The third-order valence-corrected chi connectivity index (χ3v) is 4.71. The van der Waals surface area contributed by atoms with Crippen molar-refractivity contribution in [3.8, 4) is 0 Å². The van der Waals surface area contributed by atoms with E-state index in [0.717, 1.165) is 25.7 Å². The predicted molar refractivity (Wildman–Crippen MR) is 71.9 cm³/mol. The molecule has 0 aliphatic carbocycles. The van der Waals surface area contributed by atoms with Crippen molar-refractivity contribution >= 4 is 22.5 Å². The van der Waals surface area contributed by atoms with Crippen LogP contribution in [-0.4, -0.2) is 41.1 Å².